The molecule has 1 amide bonds. The zero-order valence-corrected chi connectivity index (χ0v) is 19.4. The number of hydrogen-bond acceptors (Lipinski definition) is 5. The van der Waals surface area contributed by atoms with E-state index in [-0.39, 0.29) is 11.3 Å². The van der Waals surface area contributed by atoms with Gasteiger partial charge in [0.15, 0.2) is 0 Å². The van der Waals surface area contributed by atoms with Gasteiger partial charge in [-0.3, -0.25) is 9.59 Å². The maximum Gasteiger partial charge on any atom is 0.295 e. The SMILES string of the molecule is COCCCN1C(=O)C(=O)C(=C(O)c2ccc(Cl)cc2)C1c1cccc(Oc2ccccc2)c1. The van der Waals surface area contributed by atoms with Gasteiger partial charge in [0.25, 0.3) is 11.7 Å². The molecule has 1 atom stereocenters. The predicted octanol–water partition coefficient (Wildman–Crippen LogP) is 5.59. The van der Waals surface area contributed by atoms with Crippen LogP contribution in [0.25, 0.3) is 5.76 Å². The highest BCUT2D eigenvalue weighted by molar-refractivity contribution is 6.46. The summed E-state index contributed by atoms with van der Waals surface area (Å²) in [4.78, 5) is 27.6. The number of nitrogens with zero attached hydrogens (tertiary/aromatic N) is 1. The van der Waals surface area contributed by atoms with Crippen molar-refractivity contribution in [1.29, 1.82) is 0 Å². The largest absolute Gasteiger partial charge is 0.507 e. The number of benzene rings is 3. The number of methoxy groups -OCH3 is 1. The fraction of sp³-hybridized carbons (Fsp3) is 0.185. The minimum atomic E-state index is -0.771. The highest BCUT2D eigenvalue weighted by atomic mass is 35.5. The molecule has 0 spiro atoms. The van der Waals surface area contributed by atoms with Crippen molar-refractivity contribution in [3.63, 3.8) is 0 Å². The summed E-state index contributed by atoms with van der Waals surface area (Å²) in [6.07, 6.45) is 0.543. The fourth-order valence-electron chi connectivity index (χ4n) is 3.97. The Morgan fingerprint density at radius 3 is 2.38 bits per heavy atom. The maximum atomic E-state index is 13.1. The molecule has 1 saturated heterocycles. The van der Waals surface area contributed by atoms with Crippen LogP contribution < -0.4 is 4.74 Å². The van der Waals surface area contributed by atoms with Crippen molar-refractivity contribution >= 4 is 29.1 Å². The molecule has 1 aliphatic rings. The average molecular weight is 478 g/mol. The van der Waals surface area contributed by atoms with Gasteiger partial charge in [0.1, 0.15) is 17.3 Å². The lowest BCUT2D eigenvalue weighted by molar-refractivity contribution is -0.140. The van der Waals surface area contributed by atoms with Gasteiger partial charge in [0, 0.05) is 30.8 Å². The molecule has 0 bridgehead atoms. The Morgan fingerprint density at radius 1 is 0.971 bits per heavy atom. The maximum absolute atomic E-state index is 13.1. The zero-order chi connectivity index (χ0) is 24.1. The lowest BCUT2D eigenvalue weighted by atomic mass is 9.95. The number of amides is 1. The Morgan fingerprint density at radius 2 is 1.68 bits per heavy atom. The number of carbonyl (C=O) groups excluding carboxylic acids is 2. The molecule has 34 heavy (non-hydrogen) atoms. The van der Waals surface area contributed by atoms with Crippen LogP contribution in [0.15, 0.2) is 84.4 Å². The van der Waals surface area contributed by atoms with E-state index in [9.17, 15) is 14.7 Å². The molecule has 0 saturated carbocycles. The van der Waals surface area contributed by atoms with Gasteiger partial charge in [-0.1, -0.05) is 41.9 Å². The van der Waals surface area contributed by atoms with Gasteiger partial charge in [-0.15, -0.1) is 0 Å². The second-order valence-electron chi connectivity index (χ2n) is 7.83. The van der Waals surface area contributed by atoms with E-state index < -0.39 is 17.7 Å². The predicted molar refractivity (Wildman–Crippen MR) is 130 cm³/mol. The lowest BCUT2D eigenvalue weighted by Gasteiger charge is -2.25. The van der Waals surface area contributed by atoms with Crippen LogP contribution in [0.1, 0.15) is 23.6 Å². The number of aliphatic hydroxyl groups is 1. The number of aliphatic hydroxyl groups excluding tert-OH is 1. The van der Waals surface area contributed by atoms with Crippen LogP contribution in [0.4, 0.5) is 0 Å². The highest BCUT2D eigenvalue weighted by Crippen LogP contribution is 2.40. The molecule has 0 aromatic heterocycles. The average Bonchev–Trinajstić information content (AvgIpc) is 3.10. The monoisotopic (exact) mass is 477 g/mol. The molecule has 7 heteroatoms. The van der Waals surface area contributed by atoms with Gasteiger partial charge < -0.3 is 19.5 Å². The summed E-state index contributed by atoms with van der Waals surface area (Å²) in [5, 5.41) is 11.6. The van der Waals surface area contributed by atoms with E-state index in [4.69, 9.17) is 21.1 Å². The van der Waals surface area contributed by atoms with Crippen molar-refractivity contribution in [2.75, 3.05) is 20.3 Å². The highest BCUT2D eigenvalue weighted by Gasteiger charge is 2.45. The van der Waals surface area contributed by atoms with E-state index in [2.05, 4.69) is 0 Å². The Bertz CT molecular complexity index is 1210. The molecule has 1 heterocycles. The first kappa shape index (κ1) is 23.5. The van der Waals surface area contributed by atoms with Gasteiger partial charge >= 0.3 is 0 Å². The quantitative estimate of drug-likeness (QED) is 0.198. The van der Waals surface area contributed by atoms with Crippen LogP contribution in [0.3, 0.4) is 0 Å². The van der Waals surface area contributed by atoms with Gasteiger partial charge in [-0.05, 0) is 60.5 Å². The van der Waals surface area contributed by atoms with Crippen LogP contribution in [0.5, 0.6) is 11.5 Å². The number of halogens is 1. The van der Waals surface area contributed by atoms with Gasteiger partial charge in [-0.25, -0.2) is 0 Å². The summed E-state index contributed by atoms with van der Waals surface area (Å²) in [7, 11) is 1.58. The summed E-state index contributed by atoms with van der Waals surface area (Å²) >= 11 is 5.98. The fourth-order valence-corrected chi connectivity index (χ4v) is 4.10. The molecule has 174 valence electrons. The summed E-state index contributed by atoms with van der Waals surface area (Å²) in [6.45, 7) is 0.730. The minimum absolute atomic E-state index is 0.0293. The molecule has 4 rings (SSSR count). The standard InChI is InChI=1S/C27H24ClNO5/c1-33-16-6-15-29-24(19-7-5-10-22(17-19)34-21-8-3-2-4-9-21)23(26(31)27(29)32)25(30)18-11-13-20(28)14-12-18/h2-5,7-14,17,24,30H,6,15-16H2,1H3. The van der Waals surface area contributed by atoms with Crippen molar-refractivity contribution in [2.24, 2.45) is 0 Å². The molecule has 1 aliphatic heterocycles. The zero-order valence-electron chi connectivity index (χ0n) is 18.6. The van der Waals surface area contributed by atoms with Crippen LogP contribution in [-0.2, 0) is 14.3 Å². The summed E-state index contributed by atoms with van der Waals surface area (Å²) in [5.41, 5.74) is 1.09. The van der Waals surface area contributed by atoms with E-state index in [0.29, 0.717) is 47.2 Å². The summed E-state index contributed by atoms with van der Waals surface area (Å²) in [6, 6.07) is 22.2. The van der Waals surface area contributed by atoms with Crippen LogP contribution >= 0.6 is 11.6 Å². The third-order valence-corrected chi connectivity index (χ3v) is 5.81. The molecule has 1 unspecified atom stereocenters. The van der Waals surface area contributed by atoms with E-state index >= 15 is 0 Å². The molecule has 0 radical (unpaired) electrons. The van der Waals surface area contributed by atoms with Crippen LogP contribution in [0.2, 0.25) is 5.02 Å². The molecule has 3 aromatic rings. The second-order valence-corrected chi connectivity index (χ2v) is 8.27. The topological polar surface area (TPSA) is 76.1 Å². The molecule has 0 aliphatic carbocycles. The summed E-state index contributed by atoms with van der Waals surface area (Å²) in [5.74, 6) is -0.425. The van der Waals surface area contributed by atoms with Crippen molar-refractivity contribution < 1.29 is 24.2 Å². The van der Waals surface area contributed by atoms with Crippen LogP contribution in [-0.4, -0.2) is 42.0 Å². The second kappa shape index (κ2) is 10.5. The summed E-state index contributed by atoms with van der Waals surface area (Å²) < 4.78 is 11.1. The molecule has 6 nitrogen and oxygen atoms in total. The number of ether oxygens (including phenoxy) is 2. The molecular formula is C27H24ClNO5. The smallest absolute Gasteiger partial charge is 0.295 e. The molecule has 3 aromatic carbocycles. The number of likely N-dealkylation sites (tertiary alicyclic amines) is 1. The van der Waals surface area contributed by atoms with Gasteiger partial charge in [-0.2, -0.15) is 0 Å². The van der Waals surface area contributed by atoms with E-state index in [0.717, 1.165) is 0 Å². The third-order valence-electron chi connectivity index (χ3n) is 5.56. The van der Waals surface area contributed by atoms with Crippen LogP contribution in [0, 0.1) is 0 Å². The first-order valence-electron chi connectivity index (χ1n) is 10.9. The third kappa shape index (κ3) is 4.98. The van der Waals surface area contributed by atoms with Crippen molar-refractivity contribution in [2.45, 2.75) is 12.5 Å². The number of rotatable bonds is 8. The first-order valence-corrected chi connectivity index (χ1v) is 11.2. The van der Waals surface area contributed by atoms with Gasteiger partial charge in [0.2, 0.25) is 0 Å². The normalized spacial score (nSPS) is 17.2. The molecule has 1 N–H and O–H groups in total. The minimum Gasteiger partial charge on any atom is -0.507 e. The van der Waals surface area contributed by atoms with E-state index in [1.807, 2.05) is 36.4 Å². The van der Waals surface area contributed by atoms with Gasteiger partial charge in [0.05, 0.1) is 11.6 Å². The van der Waals surface area contributed by atoms with E-state index in [1.54, 1.807) is 49.6 Å². The number of hydrogen-bond donors (Lipinski definition) is 1. The van der Waals surface area contributed by atoms with Crippen molar-refractivity contribution in [1.82, 2.24) is 4.90 Å². The van der Waals surface area contributed by atoms with E-state index in [1.165, 1.54) is 4.90 Å². The number of ketones is 1. The van der Waals surface area contributed by atoms with Crippen molar-refractivity contribution in [3.05, 3.63) is 101 Å². The number of para-hydroxylation sites is 1. The van der Waals surface area contributed by atoms with Crippen molar-refractivity contribution in [3.8, 4) is 11.5 Å². The Labute approximate surface area is 203 Å². The Hall–Kier alpha value is -3.61. The Kier molecular flexibility index (Phi) is 7.30. The lowest BCUT2D eigenvalue weighted by Crippen LogP contribution is -2.31. The Balaban J connectivity index is 1.78. The molecular weight excluding hydrogens is 454 g/mol. The number of Topliss-reactive ketones (excluding diaryl/α,β-unsaturated/α-hetero) is 1. The first-order chi connectivity index (χ1) is 16.5. The number of carbonyl (C=O) groups is 2. The molecule has 1 fully saturated rings.